The van der Waals surface area contributed by atoms with E-state index in [2.05, 4.69) is 17.0 Å². The lowest BCUT2D eigenvalue weighted by molar-refractivity contribution is 0.00194. The molecule has 1 aromatic carbocycles. The highest BCUT2D eigenvalue weighted by Gasteiger charge is 2.30. The number of anilines is 1. The Bertz CT molecular complexity index is 1460. The van der Waals surface area contributed by atoms with Crippen LogP contribution in [0.15, 0.2) is 36.7 Å². The Balaban J connectivity index is 0.00000372. The average molecular weight is 760 g/mol. The number of unbranched alkanes of at least 4 members (excludes halogenated alkanes) is 14. The van der Waals surface area contributed by atoms with Gasteiger partial charge in [-0.2, -0.15) is 10.4 Å². The Morgan fingerprint density at radius 1 is 0.943 bits per heavy atom. The third-order valence-corrected chi connectivity index (χ3v) is 9.99. The zero-order valence-corrected chi connectivity index (χ0v) is 33.1. The van der Waals surface area contributed by atoms with Crippen LogP contribution in [0.2, 0.25) is 0 Å². The van der Waals surface area contributed by atoms with E-state index in [4.69, 9.17) is 34.3 Å². The molecule has 4 rings (SSSR count). The van der Waals surface area contributed by atoms with Crippen LogP contribution in [-0.4, -0.2) is 58.1 Å². The van der Waals surface area contributed by atoms with Crippen molar-refractivity contribution in [1.29, 1.82) is 5.26 Å². The smallest absolute Gasteiger partial charge is 0.330 e. The number of nitrogens with two attached hydrogens (primary N) is 1. The van der Waals surface area contributed by atoms with Gasteiger partial charge in [-0.1, -0.05) is 111 Å². The van der Waals surface area contributed by atoms with Crippen molar-refractivity contribution in [1.82, 2.24) is 14.6 Å². The summed E-state index contributed by atoms with van der Waals surface area (Å²) in [6.07, 6.45) is 21.3. The molecule has 53 heavy (non-hydrogen) atoms. The number of aromatic nitrogens is 3. The maximum absolute atomic E-state index is 14.2. The molecule has 0 saturated carbocycles. The van der Waals surface area contributed by atoms with Gasteiger partial charge in [-0.15, -0.1) is 0 Å². The van der Waals surface area contributed by atoms with Crippen molar-refractivity contribution in [3.63, 3.8) is 0 Å². The number of benzene rings is 1. The normalized spacial score (nSPS) is 16.6. The second-order valence-electron chi connectivity index (χ2n) is 13.4. The van der Waals surface area contributed by atoms with Crippen molar-refractivity contribution in [2.45, 2.75) is 148 Å². The van der Waals surface area contributed by atoms with E-state index in [-0.39, 0.29) is 43.3 Å². The number of halogens is 1. The third kappa shape index (κ3) is 16.6. The molecule has 1 fully saturated rings. The summed E-state index contributed by atoms with van der Waals surface area (Å²) in [5.74, 6) is -0.0199. The fraction of sp³-hybridized carbons (Fsp3) is 0.675. The van der Waals surface area contributed by atoms with Gasteiger partial charge in [-0.05, 0) is 43.5 Å². The summed E-state index contributed by atoms with van der Waals surface area (Å²) in [4.78, 5) is 14.5. The molecule has 11 nitrogen and oxygen atoms in total. The molecule has 3 heterocycles. The zero-order chi connectivity index (χ0) is 38.1. The molecule has 2 aromatic heterocycles. The Hall–Kier alpha value is -2.91. The summed E-state index contributed by atoms with van der Waals surface area (Å²) in [7, 11) is -2.22. The van der Waals surface area contributed by atoms with Crippen molar-refractivity contribution in [2.75, 3.05) is 32.2 Å². The van der Waals surface area contributed by atoms with E-state index >= 15 is 0 Å². The number of hydrogen-bond acceptors (Lipinski definition) is 10. The van der Waals surface area contributed by atoms with Crippen molar-refractivity contribution in [3.05, 3.63) is 53.7 Å². The van der Waals surface area contributed by atoms with E-state index in [1.165, 1.54) is 108 Å². The summed E-state index contributed by atoms with van der Waals surface area (Å²) in [6, 6.07) is 9.68. The fourth-order valence-electron chi connectivity index (χ4n) is 6.35. The second kappa shape index (κ2) is 26.8. The van der Waals surface area contributed by atoms with Gasteiger partial charge in [0.25, 0.3) is 0 Å². The molecule has 3 aromatic rings. The highest BCUT2D eigenvalue weighted by atomic mass is 31.2. The number of nitriles is 1. The molecule has 0 aliphatic carbocycles. The van der Waals surface area contributed by atoms with Crippen LogP contribution in [0, 0.1) is 17.1 Å². The summed E-state index contributed by atoms with van der Waals surface area (Å²) in [5.41, 5.74) is 7.50. The molecule has 0 radical (unpaired) electrons. The fourth-order valence-corrected chi connectivity index (χ4v) is 7.01. The highest BCUT2D eigenvalue weighted by Crippen LogP contribution is 2.38. The van der Waals surface area contributed by atoms with Crippen LogP contribution in [0.1, 0.15) is 147 Å². The first kappa shape index (κ1) is 44.5. The zero-order valence-electron chi connectivity index (χ0n) is 32.2. The van der Waals surface area contributed by atoms with Crippen LogP contribution < -0.4 is 10.5 Å². The first-order valence-corrected chi connectivity index (χ1v) is 21.0. The van der Waals surface area contributed by atoms with Crippen LogP contribution in [0.5, 0.6) is 5.75 Å². The van der Waals surface area contributed by atoms with E-state index < -0.39 is 20.5 Å². The Kier molecular flexibility index (Phi) is 22.5. The van der Waals surface area contributed by atoms with E-state index in [9.17, 15) is 9.28 Å². The molecular weight excluding hydrogens is 696 g/mol. The van der Waals surface area contributed by atoms with Gasteiger partial charge in [-0.3, -0.25) is 0 Å². The Morgan fingerprint density at radius 3 is 2.25 bits per heavy atom. The van der Waals surface area contributed by atoms with Crippen LogP contribution in [0.4, 0.5) is 10.2 Å². The van der Waals surface area contributed by atoms with Gasteiger partial charge in [0.15, 0.2) is 5.82 Å². The molecule has 0 bridgehead atoms. The van der Waals surface area contributed by atoms with Gasteiger partial charge in [-0.25, -0.2) is 13.9 Å². The minimum absolute atomic E-state index is 0.0336. The van der Waals surface area contributed by atoms with Gasteiger partial charge in [0, 0.05) is 12.7 Å². The second-order valence-corrected chi connectivity index (χ2v) is 14.4. The number of hydrogen-bond donors (Lipinski definition) is 2. The van der Waals surface area contributed by atoms with Gasteiger partial charge in [0.05, 0.1) is 37.2 Å². The molecule has 0 spiro atoms. The maximum atomic E-state index is 14.2. The molecule has 1 aliphatic heterocycles. The molecule has 4 unspecified atom stereocenters. The molecular formula is C40H63FN5O6P. The predicted octanol–water partition coefficient (Wildman–Crippen LogP) is 10.2. The Morgan fingerprint density at radius 2 is 1.60 bits per heavy atom. The van der Waals surface area contributed by atoms with Crippen molar-refractivity contribution in [2.24, 2.45) is 0 Å². The lowest BCUT2D eigenvalue weighted by Crippen LogP contribution is -2.28. The number of rotatable bonds is 27. The van der Waals surface area contributed by atoms with E-state index in [0.29, 0.717) is 12.4 Å². The molecule has 4 atom stereocenters. The van der Waals surface area contributed by atoms with Crippen LogP contribution in [0.25, 0.3) is 5.52 Å². The predicted molar refractivity (Wildman–Crippen MR) is 208 cm³/mol. The van der Waals surface area contributed by atoms with Gasteiger partial charge in [0.1, 0.15) is 41.7 Å². The van der Waals surface area contributed by atoms with E-state index in [0.717, 1.165) is 36.9 Å². The van der Waals surface area contributed by atoms with Crippen LogP contribution >= 0.6 is 8.60 Å². The molecule has 3 N–H and O–H groups in total. The lowest BCUT2D eigenvalue weighted by atomic mass is 10.0. The SMILES string of the molecule is CC.CCCCCCCCCCCCCCCCCOCC(COP(O)OCC1CCC(c2ccc3c(N)ncnn23)O1)Oc1ccc(C#N)c(F)c1. The van der Waals surface area contributed by atoms with Crippen LogP contribution in [0.3, 0.4) is 0 Å². The minimum Gasteiger partial charge on any atom is -0.485 e. The largest absolute Gasteiger partial charge is 0.485 e. The highest BCUT2D eigenvalue weighted by molar-refractivity contribution is 7.40. The van der Waals surface area contributed by atoms with Gasteiger partial charge in [0.2, 0.25) is 0 Å². The number of nitrogen functional groups attached to an aromatic ring is 1. The van der Waals surface area contributed by atoms with Crippen LogP contribution in [-0.2, 0) is 18.5 Å². The van der Waals surface area contributed by atoms with E-state index in [1.54, 1.807) is 4.52 Å². The average Bonchev–Trinajstić information content (AvgIpc) is 3.83. The third-order valence-electron chi connectivity index (χ3n) is 9.25. The number of ether oxygens (including phenoxy) is 3. The first-order chi connectivity index (χ1) is 26.0. The summed E-state index contributed by atoms with van der Waals surface area (Å²) < 4.78 is 45.3. The quantitative estimate of drug-likeness (QED) is 0.0569. The molecule has 296 valence electrons. The maximum Gasteiger partial charge on any atom is 0.330 e. The van der Waals surface area contributed by atoms with Crippen molar-refractivity contribution in [3.8, 4) is 11.8 Å². The van der Waals surface area contributed by atoms with Crippen molar-refractivity contribution >= 4 is 19.9 Å². The number of fused-ring (bicyclic) bond motifs is 1. The summed E-state index contributed by atoms with van der Waals surface area (Å²) >= 11 is 0. The minimum atomic E-state index is -2.22. The molecule has 0 amide bonds. The Labute approximate surface area is 317 Å². The summed E-state index contributed by atoms with van der Waals surface area (Å²) in [6.45, 7) is 7.14. The first-order valence-electron chi connectivity index (χ1n) is 19.9. The monoisotopic (exact) mass is 759 g/mol. The standard InChI is InChI=1S/C38H57FN5O6P.C2H6/c1-2-3-4-5-6-7-8-9-10-11-12-13-14-15-16-23-46-26-33(49-31-18-17-30(25-40)34(39)24-31)28-48-51(45)47-27-32-19-22-37(50-32)35-20-21-36-38(41)42-29-43-44(35)36;1-2/h17-18,20-21,24,29,32-33,37,45H,2-16,19,22-23,26-28H2,1H3,(H2,41,42,43);1-2H3. The topological polar surface area (TPSA) is 146 Å². The summed E-state index contributed by atoms with van der Waals surface area (Å²) in [5, 5.41) is 13.4. The number of nitrogens with zero attached hydrogens (tertiary/aromatic N) is 4. The van der Waals surface area contributed by atoms with Crippen molar-refractivity contribution < 1.29 is 32.5 Å². The van der Waals surface area contributed by atoms with Gasteiger partial charge >= 0.3 is 8.60 Å². The molecule has 1 saturated heterocycles. The lowest BCUT2D eigenvalue weighted by Gasteiger charge is -2.21. The van der Waals surface area contributed by atoms with E-state index in [1.807, 2.05) is 32.0 Å². The molecule has 1 aliphatic rings. The molecule has 13 heteroatoms. The van der Waals surface area contributed by atoms with Gasteiger partial charge < -0.3 is 33.9 Å².